The molecule has 0 saturated heterocycles. The number of rotatable bonds is 24. The topological polar surface area (TPSA) is 299 Å². The smallest absolute Gasteiger partial charge is 0.326 e. The number of nitrogens with two attached hydrogens (primary N) is 4. The van der Waals surface area contributed by atoms with Gasteiger partial charge in [0.15, 0.2) is 5.96 Å². The highest BCUT2D eigenvalue weighted by molar-refractivity contribution is 5.96. The summed E-state index contributed by atoms with van der Waals surface area (Å²) in [6, 6.07) is -6.38. The summed E-state index contributed by atoms with van der Waals surface area (Å²) in [5.41, 5.74) is 22.2. The zero-order valence-corrected chi connectivity index (χ0v) is 30.2. The van der Waals surface area contributed by atoms with Crippen LogP contribution in [0.4, 0.5) is 0 Å². The third-order valence-electron chi connectivity index (χ3n) is 7.94. The maximum Gasteiger partial charge on any atom is 0.326 e. The Labute approximate surface area is 290 Å². The van der Waals surface area contributed by atoms with Gasteiger partial charge in [0, 0.05) is 6.54 Å². The Bertz CT molecular complexity index is 1110. The van der Waals surface area contributed by atoms with Gasteiger partial charge in [-0.3, -0.25) is 29.0 Å². The van der Waals surface area contributed by atoms with Crippen molar-refractivity contribution in [3.63, 3.8) is 0 Å². The number of aliphatic carboxylic acids is 1. The largest absolute Gasteiger partial charge is 0.480 e. The summed E-state index contributed by atoms with van der Waals surface area (Å²) >= 11 is 0. The average molecular weight is 699 g/mol. The van der Waals surface area contributed by atoms with E-state index in [1.54, 1.807) is 27.7 Å². The van der Waals surface area contributed by atoms with Gasteiger partial charge < -0.3 is 54.6 Å². The number of nitrogens with one attached hydrogen (secondary N) is 5. The normalized spacial score (nSPS) is 15.5. The minimum Gasteiger partial charge on any atom is -0.480 e. The Morgan fingerprint density at radius 3 is 1.61 bits per heavy atom. The van der Waals surface area contributed by atoms with E-state index in [1.165, 1.54) is 6.92 Å². The Morgan fingerprint density at radius 1 is 0.673 bits per heavy atom. The van der Waals surface area contributed by atoms with Crippen LogP contribution in [-0.4, -0.2) is 95.9 Å². The zero-order valence-electron chi connectivity index (χ0n) is 30.2. The van der Waals surface area contributed by atoms with E-state index in [0.717, 1.165) is 0 Å². The molecule has 0 radical (unpaired) electrons. The fraction of sp³-hybridized carbons (Fsp3) is 0.781. The van der Waals surface area contributed by atoms with Crippen molar-refractivity contribution in [2.24, 2.45) is 45.7 Å². The minimum absolute atomic E-state index is 0.0587. The van der Waals surface area contributed by atoms with E-state index in [1.807, 2.05) is 13.8 Å². The lowest BCUT2D eigenvalue weighted by Gasteiger charge is -2.28. The number of carbonyl (C=O) groups is 6. The van der Waals surface area contributed by atoms with Crippen LogP contribution in [0.2, 0.25) is 0 Å². The molecule has 0 unspecified atom stereocenters. The van der Waals surface area contributed by atoms with Crippen LogP contribution in [0.3, 0.4) is 0 Å². The SMILES string of the molecule is CC[C@H](C)[C@H](NC(=O)[C@H](CC(C)C)NC(=O)[C@H](CCCN=C(N)N)NC(=O)[C@H](CCCCN)NC(=O)[C@@H](NC(=O)[C@H](C)N)C(C)C)C(=O)O. The number of hydrogen-bond donors (Lipinski definition) is 10. The van der Waals surface area contributed by atoms with Gasteiger partial charge in [-0.15, -0.1) is 0 Å². The average Bonchev–Trinajstić information content (AvgIpc) is 3.01. The molecule has 0 aromatic rings. The van der Waals surface area contributed by atoms with Crippen molar-refractivity contribution in [2.45, 2.75) is 130 Å². The third kappa shape index (κ3) is 17.8. The van der Waals surface area contributed by atoms with Crippen molar-refractivity contribution >= 4 is 41.5 Å². The molecule has 0 heterocycles. The lowest BCUT2D eigenvalue weighted by atomic mass is 9.97. The van der Waals surface area contributed by atoms with Crippen molar-refractivity contribution in [2.75, 3.05) is 13.1 Å². The monoisotopic (exact) mass is 698 g/mol. The van der Waals surface area contributed by atoms with Gasteiger partial charge in [-0.25, -0.2) is 4.79 Å². The van der Waals surface area contributed by atoms with E-state index < -0.39 is 71.8 Å². The van der Waals surface area contributed by atoms with E-state index in [4.69, 9.17) is 22.9 Å². The molecule has 17 nitrogen and oxygen atoms in total. The van der Waals surface area contributed by atoms with Crippen LogP contribution in [0.1, 0.15) is 93.4 Å². The van der Waals surface area contributed by atoms with Gasteiger partial charge in [0.05, 0.1) is 6.04 Å². The van der Waals surface area contributed by atoms with E-state index in [2.05, 4.69) is 31.6 Å². The molecule has 0 aromatic heterocycles. The highest BCUT2D eigenvalue weighted by Gasteiger charge is 2.34. The summed E-state index contributed by atoms with van der Waals surface area (Å²) in [4.78, 5) is 82.2. The number of guanidine groups is 1. The molecule has 7 atom stereocenters. The summed E-state index contributed by atoms with van der Waals surface area (Å²) in [5, 5.41) is 23.0. The van der Waals surface area contributed by atoms with Gasteiger partial charge >= 0.3 is 5.97 Å². The molecule has 0 saturated carbocycles. The first kappa shape index (κ1) is 45.0. The second-order valence-corrected chi connectivity index (χ2v) is 13.3. The fourth-order valence-corrected chi connectivity index (χ4v) is 4.80. The first-order chi connectivity index (χ1) is 22.9. The second kappa shape index (κ2) is 23.4. The number of unbranched alkanes of at least 4 members (excludes halogenated alkanes) is 1. The van der Waals surface area contributed by atoms with Crippen LogP contribution in [0.25, 0.3) is 0 Å². The molecular formula is C32H62N10O7. The third-order valence-corrected chi connectivity index (χ3v) is 7.94. The second-order valence-electron chi connectivity index (χ2n) is 13.3. The van der Waals surface area contributed by atoms with E-state index in [9.17, 15) is 33.9 Å². The van der Waals surface area contributed by atoms with E-state index >= 15 is 0 Å². The Kier molecular flexibility index (Phi) is 21.5. The van der Waals surface area contributed by atoms with Gasteiger partial charge in [0.2, 0.25) is 29.5 Å². The Morgan fingerprint density at radius 2 is 1.16 bits per heavy atom. The lowest BCUT2D eigenvalue weighted by Crippen LogP contribution is -2.60. The van der Waals surface area contributed by atoms with Crippen LogP contribution >= 0.6 is 0 Å². The summed E-state index contributed by atoms with van der Waals surface area (Å²) in [5.74, 6) is -5.26. The number of aliphatic imine (C=N–C) groups is 1. The molecule has 0 bridgehead atoms. The van der Waals surface area contributed by atoms with Crippen molar-refractivity contribution < 1.29 is 33.9 Å². The zero-order chi connectivity index (χ0) is 37.8. The molecule has 0 aliphatic rings. The Balaban J connectivity index is 6.30. The van der Waals surface area contributed by atoms with Gasteiger partial charge in [0.25, 0.3) is 0 Å². The van der Waals surface area contributed by atoms with Gasteiger partial charge in [0.1, 0.15) is 30.2 Å². The molecule has 14 N–H and O–H groups in total. The molecule has 5 amide bonds. The number of carbonyl (C=O) groups excluding carboxylic acids is 5. The summed E-state index contributed by atoms with van der Waals surface area (Å²) in [6.45, 7) is 12.7. The summed E-state index contributed by atoms with van der Waals surface area (Å²) in [6.07, 6.45) is 2.27. The summed E-state index contributed by atoms with van der Waals surface area (Å²) < 4.78 is 0. The molecule has 0 spiro atoms. The van der Waals surface area contributed by atoms with Crippen LogP contribution < -0.4 is 49.5 Å². The molecule has 49 heavy (non-hydrogen) atoms. The number of nitrogens with zero attached hydrogens (tertiary/aromatic N) is 1. The molecule has 282 valence electrons. The lowest BCUT2D eigenvalue weighted by molar-refractivity contribution is -0.144. The van der Waals surface area contributed by atoms with Crippen molar-refractivity contribution in [3.8, 4) is 0 Å². The molecule has 0 aliphatic heterocycles. The molecular weight excluding hydrogens is 636 g/mol. The number of carboxylic acid groups (broad SMARTS) is 1. The van der Waals surface area contributed by atoms with Crippen molar-refractivity contribution in [1.82, 2.24) is 26.6 Å². The molecule has 0 rings (SSSR count). The molecule has 17 heteroatoms. The van der Waals surface area contributed by atoms with E-state index in [-0.39, 0.29) is 55.9 Å². The first-order valence-electron chi connectivity index (χ1n) is 17.1. The highest BCUT2D eigenvalue weighted by Crippen LogP contribution is 2.12. The number of hydrogen-bond acceptors (Lipinski definition) is 9. The standard InChI is InChI=1S/C32H62N10O7/c1-8-19(6)25(31(48)49)42-29(46)23(16-17(2)3)40-28(45)22(13-11-15-37-32(35)36)38-27(44)21(12-9-10-14-33)39-30(47)24(18(4)5)41-26(43)20(7)34/h17-25H,8-16,33-34H2,1-7H3,(H,38,44)(H,39,47)(H,40,45)(H,41,43)(H,42,46)(H,48,49)(H4,35,36,37)/t19-,20-,21-,22-,23-,24-,25-/m0/s1. The van der Waals surface area contributed by atoms with E-state index in [0.29, 0.717) is 25.8 Å². The van der Waals surface area contributed by atoms with Gasteiger partial charge in [-0.2, -0.15) is 0 Å². The molecule has 0 fully saturated rings. The predicted molar refractivity (Wildman–Crippen MR) is 188 cm³/mol. The fourth-order valence-electron chi connectivity index (χ4n) is 4.80. The number of amides is 5. The maximum absolute atomic E-state index is 13.7. The van der Waals surface area contributed by atoms with Crippen LogP contribution in [0.5, 0.6) is 0 Å². The first-order valence-corrected chi connectivity index (χ1v) is 17.1. The minimum atomic E-state index is -1.19. The van der Waals surface area contributed by atoms with Crippen LogP contribution in [-0.2, 0) is 28.8 Å². The van der Waals surface area contributed by atoms with Gasteiger partial charge in [-0.1, -0.05) is 48.0 Å². The predicted octanol–water partition coefficient (Wildman–Crippen LogP) is -1.23. The Hall–Kier alpha value is -3.99. The van der Waals surface area contributed by atoms with Gasteiger partial charge in [-0.05, 0) is 69.7 Å². The summed E-state index contributed by atoms with van der Waals surface area (Å²) in [7, 11) is 0. The van der Waals surface area contributed by atoms with Crippen LogP contribution in [0.15, 0.2) is 4.99 Å². The van der Waals surface area contributed by atoms with Crippen LogP contribution in [0, 0.1) is 17.8 Å². The molecule has 0 aliphatic carbocycles. The maximum atomic E-state index is 13.7. The number of carboxylic acids is 1. The highest BCUT2D eigenvalue weighted by atomic mass is 16.4. The quantitative estimate of drug-likeness (QED) is 0.0323. The van der Waals surface area contributed by atoms with Crippen molar-refractivity contribution in [1.29, 1.82) is 0 Å². The molecule has 0 aromatic carbocycles. The van der Waals surface area contributed by atoms with Crippen molar-refractivity contribution in [3.05, 3.63) is 0 Å².